The van der Waals surface area contributed by atoms with Crippen molar-refractivity contribution in [2.45, 2.75) is 26.7 Å². The number of carbonyl (C=O) groups excluding carboxylic acids is 1. The molecular weight excluding hydrogens is 238 g/mol. The van der Waals surface area contributed by atoms with Crippen molar-refractivity contribution in [2.24, 2.45) is 17.8 Å². The fourth-order valence-corrected chi connectivity index (χ4v) is 3.08. The monoisotopic (exact) mass is 261 g/mol. The minimum atomic E-state index is 0.134. The standard InChI is InChI=1S/C16H23NO2/c1-11-8-12(2)15(16(19)9-11)10-17(3)13-4-6-14(18)7-5-13/h4-7,11-12,15,18H,8-10H2,1-3H3. The van der Waals surface area contributed by atoms with Gasteiger partial charge in [-0.3, -0.25) is 4.79 Å². The Bertz CT molecular complexity index is 441. The summed E-state index contributed by atoms with van der Waals surface area (Å²) in [6.45, 7) is 5.11. The normalized spacial score (nSPS) is 27.3. The van der Waals surface area contributed by atoms with E-state index in [2.05, 4.69) is 18.7 Å². The Morgan fingerprint density at radius 2 is 1.89 bits per heavy atom. The summed E-state index contributed by atoms with van der Waals surface area (Å²) in [5.74, 6) is 1.79. The summed E-state index contributed by atoms with van der Waals surface area (Å²) in [4.78, 5) is 14.3. The molecule has 1 saturated carbocycles. The van der Waals surface area contributed by atoms with Gasteiger partial charge >= 0.3 is 0 Å². The van der Waals surface area contributed by atoms with E-state index < -0.39 is 0 Å². The largest absolute Gasteiger partial charge is 0.508 e. The summed E-state index contributed by atoms with van der Waals surface area (Å²) in [7, 11) is 2.00. The van der Waals surface area contributed by atoms with Crippen molar-refractivity contribution in [1.29, 1.82) is 0 Å². The van der Waals surface area contributed by atoms with Gasteiger partial charge < -0.3 is 10.0 Å². The number of nitrogens with zero attached hydrogens (tertiary/aromatic N) is 1. The van der Waals surface area contributed by atoms with E-state index in [4.69, 9.17) is 0 Å². The second-order valence-corrected chi connectivity index (χ2v) is 5.99. The lowest BCUT2D eigenvalue weighted by molar-refractivity contribution is -0.127. The first-order chi connectivity index (χ1) is 8.97. The summed E-state index contributed by atoms with van der Waals surface area (Å²) in [6.07, 6.45) is 1.86. The number of Topliss-reactive ketones (excluding diaryl/α,β-unsaturated/α-hetero) is 1. The van der Waals surface area contributed by atoms with Crippen molar-refractivity contribution >= 4 is 11.5 Å². The molecule has 104 valence electrons. The van der Waals surface area contributed by atoms with Gasteiger partial charge in [0, 0.05) is 31.6 Å². The van der Waals surface area contributed by atoms with Gasteiger partial charge in [0.2, 0.25) is 0 Å². The van der Waals surface area contributed by atoms with Crippen LogP contribution < -0.4 is 4.90 Å². The smallest absolute Gasteiger partial charge is 0.138 e. The summed E-state index contributed by atoms with van der Waals surface area (Å²) >= 11 is 0. The topological polar surface area (TPSA) is 40.5 Å². The molecular formula is C16H23NO2. The van der Waals surface area contributed by atoms with Gasteiger partial charge in [0.05, 0.1) is 0 Å². The molecule has 0 bridgehead atoms. The third kappa shape index (κ3) is 3.28. The van der Waals surface area contributed by atoms with Gasteiger partial charge in [-0.25, -0.2) is 0 Å². The molecule has 0 aromatic heterocycles. The van der Waals surface area contributed by atoms with Crippen LogP contribution in [0.5, 0.6) is 5.75 Å². The number of rotatable bonds is 3. The molecule has 0 radical (unpaired) electrons. The summed E-state index contributed by atoms with van der Waals surface area (Å²) in [5.41, 5.74) is 1.04. The molecule has 0 aliphatic heterocycles. The first-order valence-corrected chi connectivity index (χ1v) is 7.00. The van der Waals surface area contributed by atoms with Crippen LogP contribution in [-0.4, -0.2) is 24.5 Å². The van der Waals surface area contributed by atoms with Gasteiger partial charge in [-0.2, -0.15) is 0 Å². The van der Waals surface area contributed by atoms with Gasteiger partial charge in [-0.05, 0) is 42.5 Å². The molecule has 0 saturated heterocycles. The molecule has 1 aromatic rings. The number of anilines is 1. The lowest BCUT2D eigenvalue weighted by Gasteiger charge is -2.34. The maximum absolute atomic E-state index is 12.2. The summed E-state index contributed by atoms with van der Waals surface area (Å²) in [5, 5.41) is 9.30. The molecule has 0 amide bonds. The fourth-order valence-electron chi connectivity index (χ4n) is 3.08. The van der Waals surface area contributed by atoms with E-state index in [0.717, 1.165) is 25.1 Å². The number of hydrogen-bond acceptors (Lipinski definition) is 3. The van der Waals surface area contributed by atoms with Crippen molar-refractivity contribution in [2.75, 3.05) is 18.5 Å². The summed E-state index contributed by atoms with van der Waals surface area (Å²) < 4.78 is 0. The van der Waals surface area contributed by atoms with E-state index in [0.29, 0.717) is 17.6 Å². The average molecular weight is 261 g/mol. The van der Waals surface area contributed by atoms with Crippen molar-refractivity contribution in [1.82, 2.24) is 0 Å². The number of phenols is 1. The van der Waals surface area contributed by atoms with Crippen molar-refractivity contribution < 1.29 is 9.90 Å². The molecule has 3 nitrogen and oxygen atoms in total. The van der Waals surface area contributed by atoms with Gasteiger partial charge in [0.25, 0.3) is 0 Å². The van der Waals surface area contributed by atoms with Crippen LogP contribution in [0.15, 0.2) is 24.3 Å². The molecule has 2 rings (SSSR count). The van der Waals surface area contributed by atoms with E-state index in [1.807, 2.05) is 19.2 Å². The van der Waals surface area contributed by atoms with E-state index in [-0.39, 0.29) is 11.7 Å². The molecule has 1 aromatic carbocycles. The predicted octanol–water partition coefficient (Wildman–Crippen LogP) is 3.08. The Morgan fingerprint density at radius 3 is 2.47 bits per heavy atom. The third-order valence-corrected chi connectivity index (χ3v) is 4.19. The Hall–Kier alpha value is -1.51. The van der Waals surface area contributed by atoms with Crippen LogP contribution in [0.4, 0.5) is 5.69 Å². The average Bonchev–Trinajstić information content (AvgIpc) is 2.34. The Kier molecular flexibility index (Phi) is 4.13. The number of phenolic OH excluding ortho intramolecular Hbond substituents is 1. The Balaban J connectivity index is 2.03. The molecule has 0 heterocycles. The molecule has 0 spiro atoms. The SMILES string of the molecule is CC1CC(=O)C(CN(C)c2ccc(O)cc2)C(C)C1. The Morgan fingerprint density at radius 1 is 1.26 bits per heavy atom. The van der Waals surface area contributed by atoms with Crippen molar-refractivity contribution in [3.8, 4) is 5.75 Å². The highest BCUT2D eigenvalue weighted by atomic mass is 16.3. The number of ketones is 1. The van der Waals surface area contributed by atoms with Crippen molar-refractivity contribution in [3.63, 3.8) is 0 Å². The predicted molar refractivity (Wildman–Crippen MR) is 77.4 cm³/mol. The van der Waals surface area contributed by atoms with E-state index in [9.17, 15) is 9.90 Å². The molecule has 3 atom stereocenters. The number of carbonyl (C=O) groups is 1. The lowest BCUT2D eigenvalue weighted by atomic mass is 9.74. The van der Waals surface area contributed by atoms with Gasteiger partial charge in [-0.15, -0.1) is 0 Å². The van der Waals surface area contributed by atoms with Gasteiger partial charge in [0.1, 0.15) is 11.5 Å². The minimum Gasteiger partial charge on any atom is -0.508 e. The third-order valence-electron chi connectivity index (χ3n) is 4.19. The van der Waals surface area contributed by atoms with Crippen LogP contribution in [-0.2, 0) is 4.79 Å². The van der Waals surface area contributed by atoms with Crippen LogP contribution >= 0.6 is 0 Å². The second-order valence-electron chi connectivity index (χ2n) is 5.99. The highest BCUT2D eigenvalue weighted by Gasteiger charge is 2.32. The number of aromatic hydroxyl groups is 1. The molecule has 1 aliphatic rings. The van der Waals surface area contributed by atoms with Crippen LogP contribution in [0.25, 0.3) is 0 Å². The van der Waals surface area contributed by atoms with Crippen LogP contribution in [0.3, 0.4) is 0 Å². The number of hydrogen-bond donors (Lipinski definition) is 1. The molecule has 3 heteroatoms. The van der Waals surface area contributed by atoms with Crippen molar-refractivity contribution in [3.05, 3.63) is 24.3 Å². The van der Waals surface area contributed by atoms with Gasteiger partial charge in [-0.1, -0.05) is 13.8 Å². The molecule has 1 aliphatic carbocycles. The molecule has 19 heavy (non-hydrogen) atoms. The van der Waals surface area contributed by atoms with E-state index >= 15 is 0 Å². The quantitative estimate of drug-likeness (QED) is 0.909. The maximum Gasteiger partial charge on any atom is 0.138 e. The van der Waals surface area contributed by atoms with E-state index in [1.165, 1.54) is 0 Å². The first-order valence-electron chi connectivity index (χ1n) is 7.00. The fraction of sp³-hybridized carbons (Fsp3) is 0.562. The zero-order valence-corrected chi connectivity index (χ0v) is 12.0. The zero-order chi connectivity index (χ0) is 14.0. The van der Waals surface area contributed by atoms with Crippen LogP contribution in [0.2, 0.25) is 0 Å². The highest BCUT2D eigenvalue weighted by molar-refractivity contribution is 5.83. The zero-order valence-electron chi connectivity index (χ0n) is 12.0. The molecule has 1 N–H and O–H groups in total. The second kappa shape index (κ2) is 5.64. The lowest BCUT2D eigenvalue weighted by Crippen LogP contribution is -2.38. The number of benzene rings is 1. The Labute approximate surface area is 115 Å². The van der Waals surface area contributed by atoms with Gasteiger partial charge in [0.15, 0.2) is 0 Å². The van der Waals surface area contributed by atoms with Crippen LogP contribution in [0.1, 0.15) is 26.7 Å². The summed E-state index contributed by atoms with van der Waals surface area (Å²) in [6, 6.07) is 7.13. The first kappa shape index (κ1) is 13.9. The van der Waals surface area contributed by atoms with E-state index in [1.54, 1.807) is 12.1 Å². The maximum atomic E-state index is 12.2. The molecule has 1 fully saturated rings. The molecule has 3 unspecified atom stereocenters. The highest BCUT2D eigenvalue weighted by Crippen LogP contribution is 2.32. The minimum absolute atomic E-state index is 0.134. The van der Waals surface area contributed by atoms with Crippen LogP contribution in [0, 0.1) is 17.8 Å².